The fraction of sp³-hybridized carbons (Fsp3) is 0.429. The molecule has 0 saturated carbocycles. The topological polar surface area (TPSA) is 118 Å². The zero-order valence-corrected chi connectivity index (χ0v) is 26.7. The number of rotatable bonds is 13. The van der Waals surface area contributed by atoms with E-state index < -0.39 is 23.4 Å². The Morgan fingerprint density at radius 1 is 0.659 bits per heavy atom. The lowest BCUT2D eigenvalue weighted by molar-refractivity contribution is 0.0498. The second-order valence-electron chi connectivity index (χ2n) is 12.8. The second-order valence-corrected chi connectivity index (χ2v) is 12.8. The third-order valence-corrected chi connectivity index (χ3v) is 6.30. The van der Waals surface area contributed by atoms with E-state index in [0.717, 1.165) is 22.4 Å². The van der Waals surface area contributed by atoms with E-state index in [1.54, 1.807) is 12.1 Å². The number of carbonyl (C=O) groups excluding carboxylic acids is 2. The van der Waals surface area contributed by atoms with Gasteiger partial charge in [0.1, 0.15) is 29.3 Å². The molecule has 9 nitrogen and oxygen atoms in total. The lowest BCUT2D eigenvalue weighted by Crippen LogP contribution is -2.49. The van der Waals surface area contributed by atoms with Gasteiger partial charge in [-0.25, -0.2) is 9.59 Å². The third kappa shape index (κ3) is 13.8. The van der Waals surface area contributed by atoms with Crippen molar-refractivity contribution in [1.82, 2.24) is 16.0 Å². The van der Waals surface area contributed by atoms with Gasteiger partial charge in [-0.2, -0.15) is 0 Å². The molecule has 0 fully saturated rings. The largest absolute Gasteiger partial charge is 0.508 e. The lowest BCUT2D eigenvalue weighted by Gasteiger charge is -2.26. The standard InChI is InChI=1S/C35H47N3O6/c1-34(2,3)43-32(40)37-28(20-25-12-16-30(39)17-13-25)22-36-23-29(38-33(41)44-35(4,5)6)21-26-14-18-31(19-15-26)42-24-27-10-8-7-9-11-27/h7-19,28-29,36,39H,20-24H2,1-6H3,(H,37,40)(H,38,41)/t28-,29?/m0/s1. The average Bonchev–Trinajstić information content (AvgIpc) is 2.92. The van der Waals surface area contributed by atoms with Crippen LogP contribution in [0.5, 0.6) is 11.5 Å². The highest BCUT2D eigenvalue weighted by molar-refractivity contribution is 5.68. The summed E-state index contributed by atoms with van der Waals surface area (Å²) >= 11 is 0. The Labute approximate surface area is 261 Å². The summed E-state index contributed by atoms with van der Waals surface area (Å²) in [6.45, 7) is 12.2. The van der Waals surface area contributed by atoms with Crippen LogP contribution in [-0.2, 0) is 28.9 Å². The zero-order valence-electron chi connectivity index (χ0n) is 26.7. The maximum Gasteiger partial charge on any atom is 0.407 e. The molecule has 0 spiro atoms. The number of benzene rings is 3. The summed E-state index contributed by atoms with van der Waals surface area (Å²) in [5.74, 6) is 0.938. The highest BCUT2D eigenvalue weighted by Crippen LogP contribution is 2.16. The molecule has 0 heterocycles. The van der Waals surface area contributed by atoms with Crippen molar-refractivity contribution in [2.75, 3.05) is 13.1 Å². The van der Waals surface area contributed by atoms with Crippen molar-refractivity contribution < 1.29 is 28.9 Å². The molecular weight excluding hydrogens is 558 g/mol. The van der Waals surface area contributed by atoms with E-state index in [9.17, 15) is 14.7 Å². The van der Waals surface area contributed by atoms with Crippen LogP contribution < -0.4 is 20.7 Å². The molecule has 0 bridgehead atoms. The second kappa shape index (κ2) is 16.0. The van der Waals surface area contributed by atoms with Gasteiger partial charge in [0, 0.05) is 25.2 Å². The van der Waals surface area contributed by atoms with Crippen molar-refractivity contribution in [1.29, 1.82) is 0 Å². The third-order valence-electron chi connectivity index (χ3n) is 6.30. The summed E-state index contributed by atoms with van der Waals surface area (Å²) < 4.78 is 16.9. The highest BCUT2D eigenvalue weighted by Gasteiger charge is 2.22. The van der Waals surface area contributed by atoms with E-state index in [0.29, 0.717) is 32.5 Å². The molecule has 0 aliphatic rings. The van der Waals surface area contributed by atoms with Gasteiger partial charge in [0.15, 0.2) is 0 Å². The van der Waals surface area contributed by atoms with Gasteiger partial charge in [0.05, 0.1) is 0 Å². The normalized spacial score (nSPS) is 13.0. The monoisotopic (exact) mass is 605 g/mol. The Bertz CT molecular complexity index is 1300. The van der Waals surface area contributed by atoms with Crippen LogP contribution in [-0.4, -0.2) is 53.7 Å². The van der Waals surface area contributed by atoms with E-state index in [4.69, 9.17) is 14.2 Å². The number of aromatic hydroxyl groups is 1. The number of nitrogens with one attached hydrogen (secondary N) is 3. The van der Waals surface area contributed by atoms with E-state index >= 15 is 0 Å². The van der Waals surface area contributed by atoms with Gasteiger partial charge in [-0.3, -0.25) is 0 Å². The van der Waals surface area contributed by atoms with Crippen LogP contribution in [0.4, 0.5) is 9.59 Å². The molecule has 3 aromatic carbocycles. The van der Waals surface area contributed by atoms with Crippen LogP contribution >= 0.6 is 0 Å². The molecule has 4 N–H and O–H groups in total. The number of phenols is 1. The first-order chi connectivity index (χ1) is 20.7. The summed E-state index contributed by atoms with van der Waals surface area (Å²) in [4.78, 5) is 25.3. The van der Waals surface area contributed by atoms with Crippen LogP contribution in [0.2, 0.25) is 0 Å². The molecular formula is C35H47N3O6. The maximum absolute atomic E-state index is 12.7. The Balaban J connectivity index is 1.65. The number of ether oxygens (including phenoxy) is 3. The SMILES string of the molecule is CC(C)(C)OC(=O)NC(CNC[C@H](Cc1ccc(O)cc1)NC(=O)OC(C)(C)C)Cc1ccc(OCc2ccccc2)cc1. The summed E-state index contributed by atoms with van der Waals surface area (Å²) in [5, 5.41) is 19.0. The Morgan fingerprint density at radius 2 is 1.11 bits per heavy atom. The van der Waals surface area contributed by atoms with Gasteiger partial charge in [-0.1, -0.05) is 54.6 Å². The summed E-state index contributed by atoms with van der Waals surface area (Å²) in [6, 6.07) is 24.1. The quantitative estimate of drug-likeness (QED) is 0.185. The van der Waals surface area contributed by atoms with E-state index in [1.165, 1.54) is 0 Å². The van der Waals surface area contributed by atoms with Crippen molar-refractivity contribution in [2.45, 2.75) is 84.3 Å². The van der Waals surface area contributed by atoms with Gasteiger partial charge in [0.2, 0.25) is 0 Å². The first-order valence-electron chi connectivity index (χ1n) is 15.0. The molecule has 238 valence electrons. The average molecular weight is 606 g/mol. The lowest BCUT2D eigenvalue weighted by atomic mass is 10.0. The molecule has 0 radical (unpaired) electrons. The molecule has 0 aliphatic heterocycles. The number of carbonyl (C=O) groups is 2. The number of hydrogen-bond donors (Lipinski definition) is 4. The van der Waals surface area contributed by atoms with Crippen molar-refractivity contribution in [3.63, 3.8) is 0 Å². The van der Waals surface area contributed by atoms with Crippen LogP contribution in [0, 0.1) is 0 Å². The molecule has 2 atom stereocenters. The van der Waals surface area contributed by atoms with Gasteiger partial charge in [-0.05, 0) is 95.3 Å². The molecule has 0 aromatic heterocycles. The van der Waals surface area contributed by atoms with Crippen molar-refractivity contribution in [2.24, 2.45) is 0 Å². The fourth-order valence-electron chi connectivity index (χ4n) is 4.39. The van der Waals surface area contributed by atoms with Crippen LogP contribution in [0.3, 0.4) is 0 Å². The predicted molar refractivity (Wildman–Crippen MR) is 172 cm³/mol. The zero-order chi connectivity index (χ0) is 32.2. The minimum atomic E-state index is -0.634. The molecule has 0 saturated heterocycles. The Morgan fingerprint density at radius 3 is 1.57 bits per heavy atom. The first kappa shape index (κ1) is 34.3. The van der Waals surface area contributed by atoms with Crippen LogP contribution in [0.25, 0.3) is 0 Å². The highest BCUT2D eigenvalue weighted by atomic mass is 16.6. The van der Waals surface area contributed by atoms with Gasteiger partial charge < -0.3 is 35.3 Å². The number of phenolic OH excluding ortho intramolecular Hbond substituents is 1. The summed E-state index contributed by atoms with van der Waals surface area (Å²) in [5.41, 5.74) is 1.79. The number of amides is 2. The molecule has 44 heavy (non-hydrogen) atoms. The van der Waals surface area contributed by atoms with Gasteiger partial charge in [-0.15, -0.1) is 0 Å². The van der Waals surface area contributed by atoms with Crippen molar-refractivity contribution >= 4 is 12.2 Å². The van der Waals surface area contributed by atoms with Crippen molar-refractivity contribution in [3.8, 4) is 11.5 Å². The number of alkyl carbamates (subject to hydrolysis) is 2. The maximum atomic E-state index is 12.7. The molecule has 3 rings (SSSR count). The number of hydrogen-bond acceptors (Lipinski definition) is 7. The minimum absolute atomic E-state index is 0.176. The summed E-state index contributed by atoms with van der Waals surface area (Å²) in [6.07, 6.45) is 0.0507. The Hall–Kier alpha value is -4.24. The van der Waals surface area contributed by atoms with E-state index in [1.807, 2.05) is 108 Å². The molecule has 3 aromatic rings. The molecule has 0 aliphatic carbocycles. The van der Waals surface area contributed by atoms with E-state index in [-0.39, 0.29) is 17.8 Å². The van der Waals surface area contributed by atoms with E-state index in [2.05, 4.69) is 16.0 Å². The minimum Gasteiger partial charge on any atom is -0.508 e. The predicted octanol–water partition coefficient (Wildman–Crippen LogP) is 6.13. The smallest absolute Gasteiger partial charge is 0.407 e. The van der Waals surface area contributed by atoms with Crippen molar-refractivity contribution in [3.05, 3.63) is 95.6 Å². The Kier molecular flexibility index (Phi) is 12.5. The van der Waals surface area contributed by atoms with Gasteiger partial charge in [0.25, 0.3) is 0 Å². The molecule has 1 unspecified atom stereocenters. The van der Waals surface area contributed by atoms with Crippen LogP contribution in [0.15, 0.2) is 78.9 Å². The molecule has 9 heteroatoms. The molecule has 2 amide bonds. The first-order valence-corrected chi connectivity index (χ1v) is 15.0. The summed E-state index contributed by atoms with van der Waals surface area (Å²) in [7, 11) is 0. The van der Waals surface area contributed by atoms with Gasteiger partial charge >= 0.3 is 12.2 Å². The van der Waals surface area contributed by atoms with Crippen LogP contribution in [0.1, 0.15) is 58.2 Å². The fourth-order valence-corrected chi connectivity index (χ4v) is 4.39.